The lowest BCUT2D eigenvalue weighted by Gasteiger charge is -2.10. The number of hydrogen-bond acceptors (Lipinski definition) is 7. The van der Waals surface area contributed by atoms with Crippen LogP contribution in [0.3, 0.4) is 0 Å². The van der Waals surface area contributed by atoms with Crippen LogP contribution in [-0.2, 0) is 6.42 Å². The van der Waals surface area contributed by atoms with Crippen LogP contribution in [0.4, 0.5) is 5.82 Å². The van der Waals surface area contributed by atoms with Gasteiger partial charge in [-0.2, -0.15) is 0 Å². The monoisotopic (exact) mass is 370 g/mol. The number of hydrogen-bond donors (Lipinski definition) is 1. The molecule has 3 aromatic heterocycles. The van der Waals surface area contributed by atoms with Crippen LogP contribution >= 0.6 is 11.3 Å². The van der Waals surface area contributed by atoms with Crippen molar-refractivity contribution in [1.82, 2.24) is 24.7 Å². The molecule has 1 amide bonds. The number of carbonyl (C=O) groups is 1. The molecule has 1 N–H and O–H groups in total. The predicted octanol–water partition coefficient (Wildman–Crippen LogP) is 2.87. The summed E-state index contributed by atoms with van der Waals surface area (Å²) in [6.07, 6.45) is 1.98. The van der Waals surface area contributed by atoms with E-state index in [1.165, 1.54) is 18.4 Å². The molecule has 0 saturated carbocycles. The smallest absolute Gasteiger partial charge is 0.272 e. The molecule has 1 aliphatic rings. The minimum absolute atomic E-state index is 0.294. The number of aryl methyl sites for hydroxylation is 2. The molecule has 0 aromatic carbocycles. The van der Waals surface area contributed by atoms with Gasteiger partial charge in [0, 0.05) is 12.5 Å². The van der Waals surface area contributed by atoms with Crippen LogP contribution in [0.1, 0.15) is 39.9 Å². The second kappa shape index (κ2) is 6.49. The van der Waals surface area contributed by atoms with Crippen molar-refractivity contribution in [3.05, 3.63) is 33.9 Å². The molecule has 0 fully saturated rings. The number of pyridine rings is 1. The number of fused-ring (bicyclic) bond motifs is 1. The van der Waals surface area contributed by atoms with Gasteiger partial charge in [-0.25, -0.2) is 9.97 Å². The minimum atomic E-state index is -0.294. The number of anilines is 1. The maximum Gasteiger partial charge on any atom is 0.272 e. The number of nitrogens with one attached hydrogen (secondary N) is 1. The summed E-state index contributed by atoms with van der Waals surface area (Å²) in [4.78, 5) is 21.7. The third-order valence-corrected chi connectivity index (χ3v) is 5.27. The molecular weight excluding hydrogens is 352 g/mol. The number of rotatable bonds is 4. The number of ether oxygens (including phenoxy) is 1. The van der Waals surface area contributed by atoms with Gasteiger partial charge in [0.1, 0.15) is 17.3 Å². The SMILES string of the molecule is COc1nc(C)sc1C(=O)Nc1cccc(-c2nnc3n2[C@@H](C)CC3)n1. The molecule has 0 unspecified atom stereocenters. The van der Waals surface area contributed by atoms with Crippen LogP contribution in [0, 0.1) is 6.92 Å². The molecule has 1 atom stereocenters. The molecule has 1 aliphatic heterocycles. The highest BCUT2D eigenvalue weighted by Gasteiger charge is 2.25. The maximum atomic E-state index is 12.6. The van der Waals surface area contributed by atoms with Gasteiger partial charge in [0.2, 0.25) is 5.88 Å². The van der Waals surface area contributed by atoms with Crippen molar-refractivity contribution in [2.24, 2.45) is 0 Å². The molecule has 4 heterocycles. The number of nitrogens with zero attached hydrogens (tertiary/aromatic N) is 5. The van der Waals surface area contributed by atoms with E-state index in [1.807, 2.05) is 19.1 Å². The first-order chi connectivity index (χ1) is 12.6. The third kappa shape index (κ3) is 2.84. The predicted molar refractivity (Wildman–Crippen MR) is 97.6 cm³/mol. The summed E-state index contributed by atoms with van der Waals surface area (Å²) in [6.45, 7) is 3.98. The van der Waals surface area contributed by atoms with E-state index >= 15 is 0 Å². The zero-order chi connectivity index (χ0) is 18.3. The summed E-state index contributed by atoms with van der Waals surface area (Å²) in [5, 5.41) is 12.1. The Balaban J connectivity index is 1.62. The van der Waals surface area contributed by atoms with Gasteiger partial charge in [-0.05, 0) is 32.4 Å². The molecule has 134 valence electrons. The number of carbonyl (C=O) groups excluding carboxylic acids is 1. The van der Waals surface area contributed by atoms with Crippen LogP contribution in [0.25, 0.3) is 11.5 Å². The summed E-state index contributed by atoms with van der Waals surface area (Å²) in [5.74, 6) is 2.19. The minimum Gasteiger partial charge on any atom is -0.480 e. The van der Waals surface area contributed by atoms with Crippen LogP contribution in [0.5, 0.6) is 5.88 Å². The Hall–Kier alpha value is -2.81. The van der Waals surface area contributed by atoms with Crippen molar-refractivity contribution in [1.29, 1.82) is 0 Å². The van der Waals surface area contributed by atoms with E-state index in [0.717, 1.165) is 29.5 Å². The highest BCUT2D eigenvalue weighted by Crippen LogP contribution is 2.30. The normalized spacial score (nSPS) is 15.7. The Labute approximate surface area is 154 Å². The number of thiazole rings is 1. The van der Waals surface area contributed by atoms with E-state index in [2.05, 4.69) is 37.0 Å². The fourth-order valence-electron chi connectivity index (χ4n) is 3.09. The first-order valence-corrected chi connectivity index (χ1v) is 9.12. The average Bonchev–Trinajstić information content (AvgIpc) is 3.31. The molecule has 0 bridgehead atoms. The highest BCUT2D eigenvalue weighted by molar-refractivity contribution is 7.14. The Morgan fingerprint density at radius 3 is 3.00 bits per heavy atom. The summed E-state index contributed by atoms with van der Waals surface area (Å²) >= 11 is 1.28. The molecular formula is C17H18N6O2S. The van der Waals surface area contributed by atoms with Crippen LogP contribution in [0.15, 0.2) is 18.2 Å². The topological polar surface area (TPSA) is 94.8 Å². The Kier molecular flexibility index (Phi) is 4.15. The van der Waals surface area contributed by atoms with E-state index in [-0.39, 0.29) is 5.91 Å². The maximum absolute atomic E-state index is 12.6. The zero-order valence-corrected chi connectivity index (χ0v) is 15.5. The second-order valence-electron chi connectivity index (χ2n) is 6.13. The molecule has 0 radical (unpaired) electrons. The number of methoxy groups -OCH3 is 1. The quantitative estimate of drug-likeness (QED) is 0.759. The summed E-state index contributed by atoms with van der Waals surface area (Å²) in [7, 11) is 1.50. The molecule has 0 spiro atoms. The zero-order valence-electron chi connectivity index (χ0n) is 14.7. The molecule has 8 nitrogen and oxygen atoms in total. The van der Waals surface area contributed by atoms with Gasteiger partial charge in [-0.1, -0.05) is 6.07 Å². The molecule has 3 aromatic rings. The van der Waals surface area contributed by atoms with Crippen molar-refractivity contribution >= 4 is 23.1 Å². The van der Waals surface area contributed by atoms with Crippen LogP contribution < -0.4 is 10.1 Å². The standard InChI is InChI=1S/C17H18N6O2S/c1-9-7-8-13-21-22-15(23(9)13)11-5-4-6-12(19-11)20-16(24)14-17(25-3)18-10(2)26-14/h4-6,9H,7-8H2,1-3H3,(H,19,20,24)/t9-/m0/s1. The lowest BCUT2D eigenvalue weighted by molar-refractivity contribution is 0.102. The molecule has 26 heavy (non-hydrogen) atoms. The summed E-state index contributed by atoms with van der Waals surface area (Å²) < 4.78 is 7.28. The molecule has 9 heteroatoms. The van der Waals surface area contributed by atoms with E-state index in [4.69, 9.17) is 4.74 Å². The first-order valence-electron chi connectivity index (χ1n) is 8.30. The van der Waals surface area contributed by atoms with E-state index in [0.29, 0.717) is 28.3 Å². The van der Waals surface area contributed by atoms with Gasteiger partial charge in [0.05, 0.1) is 12.1 Å². The van der Waals surface area contributed by atoms with Crippen molar-refractivity contribution < 1.29 is 9.53 Å². The van der Waals surface area contributed by atoms with E-state index in [9.17, 15) is 4.79 Å². The fourth-order valence-corrected chi connectivity index (χ4v) is 3.87. The van der Waals surface area contributed by atoms with Gasteiger partial charge in [-0.3, -0.25) is 4.79 Å². The van der Waals surface area contributed by atoms with Crippen LogP contribution in [0.2, 0.25) is 0 Å². The van der Waals surface area contributed by atoms with Gasteiger partial charge < -0.3 is 14.6 Å². The van der Waals surface area contributed by atoms with Crippen molar-refractivity contribution in [2.45, 2.75) is 32.7 Å². The van der Waals surface area contributed by atoms with Gasteiger partial charge in [0.25, 0.3) is 5.91 Å². The molecule has 0 aliphatic carbocycles. The van der Waals surface area contributed by atoms with Gasteiger partial charge in [-0.15, -0.1) is 21.5 Å². The average molecular weight is 370 g/mol. The number of amides is 1. The Bertz CT molecular complexity index is 980. The third-order valence-electron chi connectivity index (χ3n) is 4.32. The van der Waals surface area contributed by atoms with Gasteiger partial charge >= 0.3 is 0 Å². The second-order valence-corrected chi connectivity index (χ2v) is 7.33. The van der Waals surface area contributed by atoms with Gasteiger partial charge in [0.15, 0.2) is 10.7 Å². The van der Waals surface area contributed by atoms with Crippen molar-refractivity contribution in [3.63, 3.8) is 0 Å². The highest BCUT2D eigenvalue weighted by atomic mass is 32.1. The van der Waals surface area contributed by atoms with Crippen LogP contribution in [-0.4, -0.2) is 37.7 Å². The van der Waals surface area contributed by atoms with E-state index < -0.39 is 0 Å². The Morgan fingerprint density at radius 1 is 1.35 bits per heavy atom. The lowest BCUT2D eigenvalue weighted by atomic mass is 10.2. The summed E-state index contributed by atoms with van der Waals surface area (Å²) in [6, 6.07) is 5.80. The number of aromatic nitrogens is 5. The molecule has 0 saturated heterocycles. The fraction of sp³-hybridized carbons (Fsp3) is 0.353. The Morgan fingerprint density at radius 2 is 2.19 bits per heavy atom. The van der Waals surface area contributed by atoms with E-state index in [1.54, 1.807) is 6.07 Å². The largest absolute Gasteiger partial charge is 0.480 e. The first kappa shape index (κ1) is 16.6. The summed E-state index contributed by atoms with van der Waals surface area (Å²) in [5.41, 5.74) is 0.683. The molecule has 4 rings (SSSR count). The van der Waals surface area contributed by atoms with Crippen molar-refractivity contribution in [3.8, 4) is 17.4 Å². The van der Waals surface area contributed by atoms with Crippen molar-refractivity contribution in [2.75, 3.05) is 12.4 Å². The lowest BCUT2D eigenvalue weighted by Crippen LogP contribution is -2.13.